The van der Waals surface area contributed by atoms with Crippen LogP contribution in [0, 0.1) is 0 Å². The van der Waals surface area contributed by atoms with Gasteiger partial charge in [-0.3, -0.25) is 0 Å². The van der Waals surface area contributed by atoms with Gasteiger partial charge in [0.2, 0.25) is 0 Å². The molecule has 0 atom stereocenters. The predicted octanol–water partition coefficient (Wildman–Crippen LogP) is 3.32. The zero-order valence-electron chi connectivity index (χ0n) is 9.53. The van der Waals surface area contributed by atoms with E-state index >= 15 is 0 Å². The van der Waals surface area contributed by atoms with E-state index in [1.165, 1.54) is 5.56 Å². The maximum absolute atomic E-state index is 11.4. The molecule has 0 amide bonds. The van der Waals surface area contributed by atoms with E-state index in [9.17, 15) is 4.79 Å². The van der Waals surface area contributed by atoms with Gasteiger partial charge >= 0.3 is 5.97 Å². The van der Waals surface area contributed by atoms with Gasteiger partial charge < -0.3 is 4.74 Å². The fourth-order valence-corrected chi connectivity index (χ4v) is 1.94. The van der Waals surface area contributed by atoms with E-state index in [-0.39, 0.29) is 5.97 Å². The summed E-state index contributed by atoms with van der Waals surface area (Å²) in [6.45, 7) is 2.54. The van der Waals surface area contributed by atoms with Crippen molar-refractivity contribution in [2.45, 2.75) is 32.8 Å². The summed E-state index contributed by atoms with van der Waals surface area (Å²) in [5.74, 6) is -0.220. The molecule has 0 N–H and O–H groups in total. The monoisotopic (exact) mass is 216 g/mol. The molecule has 84 valence electrons. The third-order valence-corrected chi connectivity index (χ3v) is 2.82. The Morgan fingerprint density at radius 3 is 2.94 bits per heavy atom. The minimum Gasteiger partial charge on any atom is -0.458 e. The zero-order valence-corrected chi connectivity index (χ0v) is 9.53. The Bertz CT molecular complexity index is 418. The van der Waals surface area contributed by atoms with Crippen molar-refractivity contribution < 1.29 is 9.53 Å². The number of esters is 1. The zero-order chi connectivity index (χ0) is 11.4. The van der Waals surface area contributed by atoms with Crippen LogP contribution in [0.5, 0.6) is 0 Å². The maximum atomic E-state index is 11.4. The Balaban J connectivity index is 2.34. The van der Waals surface area contributed by atoms with Crippen molar-refractivity contribution in [3.63, 3.8) is 0 Å². The molecule has 0 saturated carbocycles. The van der Waals surface area contributed by atoms with E-state index in [1.807, 2.05) is 18.2 Å². The Kier molecular flexibility index (Phi) is 3.40. The van der Waals surface area contributed by atoms with Crippen molar-refractivity contribution in [1.82, 2.24) is 0 Å². The highest BCUT2D eigenvalue weighted by Gasteiger charge is 2.14. The summed E-state index contributed by atoms with van der Waals surface area (Å²) < 4.78 is 5.12. The van der Waals surface area contributed by atoms with Crippen LogP contribution in [-0.4, -0.2) is 5.97 Å². The molecule has 1 aliphatic rings. The van der Waals surface area contributed by atoms with Crippen LogP contribution in [0.3, 0.4) is 0 Å². The van der Waals surface area contributed by atoms with Gasteiger partial charge in [-0.25, -0.2) is 4.79 Å². The number of rotatable bonds is 3. The number of cyclic esters (lactones) is 1. The van der Waals surface area contributed by atoms with E-state index in [2.05, 4.69) is 13.0 Å². The van der Waals surface area contributed by atoms with Gasteiger partial charge in [-0.1, -0.05) is 37.6 Å². The quantitative estimate of drug-likeness (QED) is 0.724. The van der Waals surface area contributed by atoms with Crippen molar-refractivity contribution in [1.29, 1.82) is 0 Å². The molecule has 16 heavy (non-hydrogen) atoms. The number of carbonyl (C=O) groups is 1. The van der Waals surface area contributed by atoms with Crippen LogP contribution in [0.4, 0.5) is 0 Å². The molecule has 0 radical (unpaired) electrons. The summed E-state index contributed by atoms with van der Waals surface area (Å²) in [7, 11) is 0. The molecular formula is C14H16O2. The Labute approximate surface area is 95.9 Å². The number of hydrogen-bond donors (Lipinski definition) is 0. The molecule has 0 spiro atoms. The first kappa shape index (κ1) is 10.9. The minimum atomic E-state index is -0.220. The average Bonchev–Trinajstić information content (AvgIpc) is 2.47. The number of carbonyl (C=O) groups excluding carboxylic acids is 1. The van der Waals surface area contributed by atoms with Crippen LogP contribution in [-0.2, 0) is 16.1 Å². The standard InChI is InChI=1S/C14H16O2/c1-2-3-6-11-9-14(15)16-10-12-7-4-5-8-13(11)12/h4-5,7-9H,2-3,6,10H2,1H3. The summed E-state index contributed by atoms with van der Waals surface area (Å²) >= 11 is 0. The summed E-state index contributed by atoms with van der Waals surface area (Å²) in [5.41, 5.74) is 3.39. The molecule has 2 heteroatoms. The lowest BCUT2D eigenvalue weighted by atomic mass is 9.96. The molecule has 0 aliphatic carbocycles. The van der Waals surface area contributed by atoms with Crippen molar-refractivity contribution in [2.24, 2.45) is 0 Å². The van der Waals surface area contributed by atoms with Gasteiger partial charge in [-0.05, 0) is 29.5 Å². The van der Waals surface area contributed by atoms with Crippen molar-refractivity contribution >= 4 is 11.5 Å². The van der Waals surface area contributed by atoms with Crippen LogP contribution in [0.15, 0.2) is 30.3 Å². The second-order valence-corrected chi connectivity index (χ2v) is 4.04. The lowest BCUT2D eigenvalue weighted by Gasteiger charge is -2.08. The first-order chi connectivity index (χ1) is 7.81. The van der Waals surface area contributed by atoms with Crippen LogP contribution < -0.4 is 0 Å². The van der Waals surface area contributed by atoms with Crippen LogP contribution >= 0.6 is 0 Å². The van der Waals surface area contributed by atoms with Gasteiger partial charge in [0.1, 0.15) is 6.61 Å². The molecule has 0 bridgehead atoms. The van der Waals surface area contributed by atoms with E-state index in [0.717, 1.165) is 30.4 Å². The van der Waals surface area contributed by atoms with Crippen molar-refractivity contribution in [2.75, 3.05) is 0 Å². The second-order valence-electron chi connectivity index (χ2n) is 4.04. The highest BCUT2D eigenvalue weighted by molar-refractivity contribution is 5.92. The summed E-state index contributed by atoms with van der Waals surface area (Å²) in [6, 6.07) is 8.08. The number of unbranched alkanes of at least 4 members (excludes halogenated alkanes) is 1. The molecule has 0 fully saturated rings. The normalized spacial score (nSPS) is 14.8. The SMILES string of the molecule is CCCCC1=CC(=O)OCc2ccccc21. The predicted molar refractivity (Wildman–Crippen MR) is 63.7 cm³/mol. The fourth-order valence-electron chi connectivity index (χ4n) is 1.94. The highest BCUT2D eigenvalue weighted by Crippen LogP contribution is 2.27. The maximum Gasteiger partial charge on any atom is 0.331 e. The first-order valence-corrected chi connectivity index (χ1v) is 5.77. The summed E-state index contributed by atoms with van der Waals surface area (Å²) in [6.07, 6.45) is 4.83. The molecule has 2 rings (SSSR count). The largest absolute Gasteiger partial charge is 0.458 e. The molecular weight excluding hydrogens is 200 g/mol. The molecule has 0 aromatic heterocycles. The number of benzene rings is 1. The van der Waals surface area contributed by atoms with Crippen LogP contribution in [0.25, 0.3) is 5.57 Å². The Morgan fingerprint density at radius 1 is 1.31 bits per heavy atom. The molecule has 1 heterocycles. The fraction of sp³-hybridized carbons (Fsp3) is 0.357. The highest BCUT2D eigenvalue weighted by atomic mass is 16.5. The van der Waals surface area contributed by atoms with Crippen molar-refractivity contribution in [3.05, 3.63) is 41.5 Å². The Hall–Kier alpha value is -1.57. The van der Waals surface area contributed by atoms with Gasteiger partial charge in [0.05, 0.1) is 0 Å². The van der Waals surface area contributed by atoms with E-state index in [1.54, 1.807) is 6.08 Å². The lowest BCUT2D eigenvalue weighted by molar-refractivity contribution is -0.138. The van der Waals surface area contributed by atoms with Gasteiger partial charge in [-0.2, -0.15) is 0 Å². The Morgan fingerprint density at radius 2 is 2.12 bits per heavy atom. The van der Waals surface area contributed by atoms with Gasteiger partial charge in [0.15, 0.2) is 0 Å². The van der Waals surface area contributed by atoms with E-state index < -0.39 is 0 Å². The number of hydrogen-bond acceptors (Lipinski definition) is 2. The van der Waals surface area contributed by atoms with Gasteiger partial charge in [0.25, 0.3) is 0 Å². The van der Waals surface area contributed by atoms with Crippen LogP contribution in [0.1, 0.15) is 37.3 Å². The smallest absolute Gasteiger partial charge is 0.331 e. The summed E-state index contributed by atoms with van der Waals surface area (Å²) in [4.78, 5) is 11.4. The molecule has 0 unspecified atom stereocenters. The van der Waals surface area contributed by atoms with Crippen molar-refractivity contribution in [3.8, 4) is 0 Å². The number of ether oxygens (including phenoxy) is 1. The van der Waals surface area contributed by atoms with E-state index in [0.29, 0.717) is 6.61 Å². The molecule has 1 aliphatic heterocycles. The lowest BCUT2D eigenvalue weighted by Crippen LogP contribution is -1.98. The van der Waals surface area contributed by atoms with E-state index in [4.69, 9.17) is 4.74 Å². The molecule has 2 nitrogen and oxygen atoms in total. The number of fused-ring (bicyclic) bond motifs is 1. The van der Waals surface area contributed by atoms with Crippen LogP contribution in [0.2, 0.25) is 0 Å². The molecule has 0 saturated heterocycles. The molecule has 1 aromatic rings. The third-order valence-electron chi connectivity index (χ3n) is 2.82. The summed E-state index contributed by atoms with van der Waals surface area (Å²) in [5, 5.41) is 0. The molecule has 1 aromatic carbocycles. The topological polar surface area (TPSA) is 26.3 Å². The first-order valence-electron chi connectivity index (χ1n) is 5.77. The third kappa shape index (κ3) is 2.32. The minimum absolute atomic E-state index is 0.220. The van der Waals surface area contributed by atoms with Gasteiger partial charge in [-0.15, -0.1) is 0 Å². The van der Waals surface area contributed by atoms with Gasteiger partial charge in [0, 0.05) is 6.08 Å². The average molecular weight is 216 g/mol. The second kappa shape index (κ2) is 4.97. The number of allylic oxidation sites excluding steroid dienone is 1.